The third-order valence-electron chi connectivity index (χ3n) is 1.27. The fraction of sp³-hybridized carbons (Fsp3) is 0.800. The van der Waals surface area contributed by atoms with E-state index in [0.29, 0.717) is 6.61 Å². The Bertz CT molecular complexity index is 121. The lowest BCUT2D eigenvalue weighted by Crippen LogP contribution is -2.35. The minimum absolute atomic E-state index is 0.0671. The highest BCUT2D eigenvalue weighted by molar-refractivity contribution is 5.64. The van der Waals surface area contributed by atoms with Crippen molar-refractivity contribution in [2.75, 3.05) is 6.61 Å². The molecule has 1 fully saturated rings. The molecule has 0 spiro atoms. The van der Waals surface area contributed by atoms with Crippen LogP contribution >= 0.6 is 0 Å². The number of carbonyl (C=O) groups is 1. The molecule has 0 aromatic rings. The summed E-state index contributed by atoms with van der Waals surface area (Å²) in [6, 6.07) is -0.0671. The molecule has 0 aromatic heterocycles. The third kappa shape index (κ3) is 1.89. The van der Waals surface area contributed by atoms with Gasteiger partial charge in [0.1, 0.15) is 6.10 Å². The highest BCUT2D eigenvalue weighted by Crippen LogP contribution is 2.12. The lowest BCUT2D eigenvalue weighted by molar-refractivity contribution is 0.187. The first-order valence-corrected chi connectivity index (χ1v) is 2.81. The Kier molecular flexibility index (Phi) is 1.57. The van der Waals surface area contributed by atoms with Crippen molar-refractivity contribution < 1.29 is 14.6 Å². The molecule has 1 aliphatic heterocycles. The number of carboxylic acid groups (broad SMARTS) is 1. The highest BCUT2D eigenvalue weighted by atomic mass is 16.6. The molecule has 9 heavy (non-hydrogen) atoms. The maximum atomic E-state index is 9.98. The molecule has 1 rings (SSSR count). The molecule has 4 nitrogen and oxygen atoms in total. The molecule has 2 N–H and O–H groups in total. The minimum Gasteiger partial charge on any atom is -0.465 e. The molecule has 0 bridgehead atoms. The average molecular weight is 131 g/mol. The smallest absolute Gasteiger partial charge is 0.404 e. The molecule has 0 aromatic carbocycles. The van der Waals surface area contributed by atoms with E-state index >= 15 is 0 Å². The number of rotatable bonds is 2. The van der Waals surface area contributed by atoms with Crippen LogP contribution in [0.15, 0.2) is 0 Å². The van der Waals surface area contributed by atoms with Gasteiger partial charge in [0.15, 0.2) is 0 Å². The largest absolute Gasteiger partial charge is 0.465 e. The summed E-state index contributed by atoms with van der Waals surface area (Å²) in [5, 5.41) is 10.5. The van der Waals surface area contributed by atoms with Crippen LogP contribution in [-0.4, -0.2) is 30.0 Å². The fourth-order valence-corrected chi connectivity index (χ4v) is 0.632. The van der Waals surface area contributed by atoms with Crippen molar-refractivity contribution in [1.82, 2.24) is 5.32 Å². The van der Waals surface area contributed by atoms with E-state index in [-0.39, 0.29) is 12.1 Å². The van der Waals surface area contributed by atoms with E-state index in [9.17, 15) is 4.79 Å². The van der Waals surface area contributed by atoms with Crippen LogP contribution < -0.4 is 5.32 Å². The van der Waals surface area contributed by atoms with Crippen molar-refractivity contribution in [2.24, 2.45) is 0 Å². The van der Waals surface area contributed by atoms with Gasteiger partial charge in [-0.1, -0.05) is 0 Å². The quantitative estimate of drug-likeness (QED) is 0.520. The molecular formula is C5H9NO3. The van der Waals surface area contributed by atoms with E-state index in [4.69, 9.17) is 9.84 Å². The highest BCUT2D eigenvalue weighted by Gasteiger charge is 2.30. The van der Waals surface area contributed by atoms with Gasteiger partial charge < -0.3 is 15.2 Å². The summed E-state index contributed by atoms with van der Waals surface area (Å²) in [5.41, 5.74) is 0. The molecular weight excluding hydrogens is 122 g/mol. The van der Waals surface area contributed by atoms with Crippen LogP contribution in [0.1, 0.15) is 6.92 Å². The molecule has 1 saturated heterocycles. The van der Waals surface area contributed by atoms with Gasteiger partial charge in [0.05, 0.1) is 12.6 Å². The summed E-state index contributed by atoms with van der Waals surface area (Å²) in [5.74, 6) is 0. The predicted octanol–water partition coefficient (Wildman–Crippen LogP) is 0.0413. The van der Waals surface area contributed by atoms with Crippen LogP contribution in [0, 0.1) is 0 Å². The Balaban J connectivity index is 2.17. The van der Waals surface area contributed by atoms with E-state index < -0.39 is 6.09 Å². The van der Waals surface area contributed by atoms with E-state index in [2.05, 4.69) is 5.32 Å². The SMILES string of the molecule is C[C@H](NC(=O)O)C1CO1. The first-order chi connectivity index (χ1) is 4.20. The number of nitrogens with one attached hydrogen (secondary N) is 1. The predicted molar refractivity (Wildman–Crippen MR) is 30.4 cm³/mol. The Labute approximate surface area is 52.8 Å². The lowest BCUT2D eigenvalue weighted by atomic mass is 10.3. The molecule has 52 valence electrons. The number of hydrogen-bond donors (Lipinski definition) is 2. The average Bonchev–Trinajstić information content (AvgIpc) is 2.40. The Morgan fingerprint density at radius 1 is 2.00 bits per heavy atom. The zero-order chi connectivity index (χ0) is 6.85. The summed E-state index contributed by atoms with van der Waals surface area (Å²) >= 11 is 0. The molecule has 0 radical (unpaired) electrons. The number of epoxide rings is 1. The van der Waals surface area contributed by atoms with Crippen molar-refractivity contribution in [3.63, 3.8) is 0 Å². The molecule has 2 atom stereocenters. The van der Waals surface area contributed by atoms with Crippen molar-refractivity contribution >= 4 is 6.09 Å². The number of amides is 1. The standard InChI is InChI=1S/C5H9NO3/c1-3(4-2-9-4)6-5(7)8/h3-4,6H,2H2,1H3,(H,7,8)/t3-,4?/m0/s1. The first kappa shape index (κ1) is 6.35. The van der Waals surface area contributed by atoms with E-state index in [1.807, 2.05) is 0 Å². The molecule has 1 amide bonds. The lowest BCUT2D eigenvalue weighted by Gasteiger charge is -2.05. The van der Waals surface area contributed by atoms with Gasteiger partial charge in [0, 0.05) is 0 Å². The van der Waals surface area contributed by atoms with Crippen LogP contribution in [0.25, 0.3) is 0 Å². The van der Waals surface area contributed by atoms with Crippen LogP contribution in [0.2, 0.25) is 0 Å². The molecule has 4 heteroatoms. The molecule has 0 saturated carbocycles. The Morgan fingerprint density at radius 2 is 2.56 bits per heavy atom. The van der Waals surface area contributed by atoms with Gasteiger partial charge in [0.2, 0.25) is 0 Å². The zero-order valence-corrected chi connectivity index (χ0v) is 5.13. The van der Waals surface area contributed by atoms with Crippen LogP contribution in [0.5, 0.6) is 0 Å². The molecule has 1 heterocycles. The summed E-state index contributed by atoms with van der Waals surface area (Å²) < 4.78 is 4.85. The zero-order valence-electron chi connectivity index (χ0n) is 5.13. The second-order valence-corrected chi connectivity index (χ2v) is 2.11. The van der Waals surface area contributed by atoms with Gasteiger partial charge in [-0.3, -0.25) is 0 Å². The summed E-state index contributed by atoms with van der Waals surface area (Å²) in [6.45, 7) is 2.47. The van der Waals surface area contributed by atoms with Crippen molar-refractivity contribution in [2.45, 2.75) is 19.1 Å². The monoisotopic (exact) mass is 131 g/mol. The number of hydrogen-bond acceptors (Lipinski definition) is 2. The van der Waals surface area contributed by atoms with Crippen LogP contribution in [0.3, 0.4) is 0 Å². The summed E-state index contributed by atoms with van der Waals surface area (Å²) in [4.78, 5) is 9.98. The molecule has 1 unspecified atom stereocenters. The Hall–Kier alpha value is -0.770. The van der Waals surface area contributed by atoms with Gasteiger partial charge in [-0.15, -0.1) is 0 Å². The molecule has 0 aliphatic carbocycles. The molecule has 1 aliphatic rings. The van der Waals surface area contributed by atoms with Gasteiger partial charge in [-0.2, -0.15) is 0 Å². The Morgan fingerprint density at radius 3 is 2.89 bits per heavy atom. The van der Waals surface area contributed by atoms with Crippen LogP contribution in [0.4, 0.5) is 4.79 Å². The maximum Gasteiger partial charge on any atom is 0.404 e. The third-order valence-corrected chi connectivity index (χ3v) is 1.27. The minimum atomic E-state index is -0.988. The van der Waals surface area contributed by atoms with Crippen molar-refractivity contribution in [3.8, 4) is 0 Å². The topological polar surface area (TPSA) is 61.9 Å². The second-order valence-electron chi connectivity index (χ2n) is 2.11. The van der Waals surface area contributed by atoms with Gasteiger partial charge in [-0.25, -0.2) is 4.79 Å². The van der Waals surface area contributed by atoms with Gasteiger partial charge in [0.25, 0.3) is 0 Å². The number of ether oxygens (including phenoxy) is 1. The van der Waals surface area contributed by atoms with E-state index in [1.165, 1.54) is 0 Å². The van der Waals surface area contributed by atoms with Crippen LogP contribution in [-0.2, 0) is 4.74 Å². The normalized spacial score (nSPS) is 27.0. The summed E-state index contributed by atoms with van der Waals surface area (Å²) in [7, 11) is 0. The van der Waals surface area contributed by atoms with Gasteiger partial charge >= 0.3 is 6.09 Å². The van der Waals surface area contributed by atoms with E-state index in [0.717, 1.165) is 0 Å². The second kappa shape index (κ2) is 2.23. The van der Waals surface area contributed by atoms with E-state index in [1.54, 1.807) is 6.92 Å². The maximum absolute atomic E-state index is 9.98. The van der Waals surface area contributed by atoms with Crippen molar-refractivity contribution in [3.05, 3.63) is 0 Å². The van der Waals surface area contributed by atoms with Crippen molar-refractivity contribution in [1.29, 1.82) is 0 Å². The van der Waals surface area contributed by atoms with Gasteiger partial charge in [-0.05, 0) is 6.92 Å². The fourth-order valence-electron chi connectivity index (χ4n) is 0.632. The summed E-state index contributed by atoms with van der Waals surface area (Å²) in [6.07, 6.45) is -0.876. The first-order valence-electron chi connectivity index (χ1n) is 2.81.